The van der Waals surface area contributed by atoms with E-state index in [2.05, 4.69) is 44.2 Å². The van der Waals surface area contributed by atoms with Crippen molar-refractivity contribution < 1.29 is 9.47 Å². The number of hydrogen-bond acceptors (Lipinski definition) is 2. The van der Waals surface area contributed by atoms with Crippen LogP contribution in [-0.4, -0.2) is 0 Å². The van der Waals surface area contributed by atoms with E-state index >= 15 is 0 Å². The number of fused-ring (bicyclic) bond motifs is 1. The van der Waals surface area contributed by atoms with Crippen LogP contribution in [0.4, 0.5) is 0 Å². The summed E-state index contributed by atoms with van der Waals surface area (Å²) in [5.41, 5.74) is 3.38. The highest BCUT2D eigenvalue weighted by atomic mass is 16.7. The second-order valence-electron chi connectivity index (χ2n) is 6.80. The molecule has 27 heavy (non-hydrogen) atoms. The van der Waals surface area contributed by atoms with Crippen LogP contribution in [0.3, 0.4) is 0 Å². The summed E-state index contributed by atoms with van der Waals surface area (Å²) in [6.45, 7) is 4.13. The topological polar surface area (TPSA) is 18.5 Å². The zero-order chi connectivity index (χ0) is 18.6. The number of ether oxygens (including phenoxy) is 2. The maximum absolute atomic E-state index is 6.22. The Labute approximate surface area is 160 Å². The third-order valence-electron chi connectivity index (χ3n) is 4.57. The molecule has 0 radical (unpaired) electrons. The molecule has 4 rings (SSSR count). The Hall–Kier alpha value is -3.26. The van der Waals surface area contributed by atoms with E-state index in [9.17, 15) is 0 Å². The van der Waals surface area contributed by atoms with E-state index in [0.717, 1.165) is 17.1 Å². The Bertz CT molecular complexity index is 986. The van der Waals surface area contributed by atoms with Crippen LogP contribution in [0.5, 0.6) is 11.5 Å². The minimum absolute atomic E-state index is 0.528. The maximum atomic E-state index is 6.22. The summed E-state index contributed by atoms with van der Waals surface area (Å²) >= 11 is 0. The largest absolute Gasteiger partial charge is 0.451 e. The Morgan fingerprint density at radius 2 is 1.07 bits per heavy atom. The molecule has 0 N–H and O–H groups in total. The molecule has 0 spiro atoms. The molecule has 0 aliphatic carbocycles. The smallest absolute Gasteiger partial charge is 0.267 e. The number of aryl methyl sites for hydroxylation is 2. The second-order valence-corrected chi connectivity index (χ2v) is 6.80. The summed E-state index contributed by atoms with van der Waals surface area (Å²) in [5.74, 6) is 1.57. The normalized spacial score (nSPS) is 10.9. The monoisotopic (exact) mass is 354 g/mol. The molecule has 0 atom stereocenters. The summed E-state index contributed by atoms with van der Waals surface area (Å²) < 4.78 is 12.4. The van der Waals surface area contributed by atoms with Crippen molar-refractivity contribution in [1.29, 1.82) is 0 Å². The molecular formula is C25H22O2. The van der Waals surface area contributed by atoms with Crippen molar-refractivity contribution in [3.8, 4) is 11.5 Å². The number of rotatable bonds is 5. The summed E-state index contributed by atoms with van der Waals surface area (Å²) in [7, 11) is 0. The van der Waals surface area contributed by atoms with Crippen molar-refractivity contribution >= 4 is 10.8 Å². The molecule has 0 aliphatic heterocycles. The highest BCUT2D eigenvalue weighted by Gasteiger charge is 2.16. The van der Waals surface area contributed by atoms with E-state index in [1.165, 1.54) is 21.9 Å². The van der Waals surface area contributed by atoms with E-state index in [1.54, 1.807) is 0 Å². The highest BCUT2D eigenvalue weighted by Crippen LogP contribution is 2.28. The summed E-state index contributed by atoms with van der Waals surface area (Å²) in [6, 6.07) is 30.7. The molecule has 0 fully saturated rings. The molecule has 0 aliphatic rings. The number of hydrogen-bond donors (Lipinski definition) is 0. The fraction of sp³-hybridized carbons (Fsp3) is 0.120. The molecule has 2 nitrogen and oxygen atoms in total. The predicted molar refractivity (Wildman–Crippen MR) is 110 cm³/mol. The van der Waals surface area contributed by atoms with Gasteiger partial charge in [-0.2, -0.15) is 0 Å². The van der Waals surface area contributed by atoms with Gasteiger partial charge in [-0.15, -0.1) is 0 Å². The fourth-order valence-electron chi connectivity index (χ4n) is 3.00. The molecule has 4 aromatic rings. The van der Waals surface area contributed by atoms with Gasteiger partial charge in [-0.25, -0.2) is 0 Å². The molecule has 134 valence electrons. The molecule has 0 heterocycles. The molecule has 0 aromatic heterocycles. The van der Waals surface area contributed by atoms with Gasteiger partial charge < -0.3 is 9.47 Å². The molecule has 0 bridgehead atoms. The van der Waals surface area contributed by atoms with E-state index in [1.807, 2.05) is 60.7 Å². The van der Waals surface area contributed by atoms with Crippen molar-refractivity contribution in [2.24, 2.45) is 0 Å². The van der Waals surface area contributed by atoms with Gasteiger partial charge in [-0.05, 0) is 55.0 Å². The molecule has 0 saturated heterocycles. The van der Waals surface area contributed by atoms with Crippen LogP contribution in [0, 0.1) is 13.8 Å². The summed E-state index contributed by atoms with van der Waals surface area (Å²) in [6.07, 6.45) is -0.528. The molecule has 4 aromatic carbocycles. The van der Waals surface area contributed by atoms with Crippen molar-refractivity contribution in [3.05, 3.63) is 108 Å². The van der Waals surface area contributed by atoms with Crippen molar-refractivity contribution in [1.82, 2.24) is 0 Å². The number of benzene rings is 4. The SMILES string of the molecule is Cc1ccc(OC(Oc2ccc(C)cc2)c2ccc3ccccc3c2)cc1. The van der Waals surface area contributed by atoms with Crippen LogP contribution in [0.15, 0.2) is 91.0 Å². The Morgan fingerprint density at radius 3 is 1.63 bits per heavy atom. The molecule has 0 unspecified atom stereocenters. The highest BCUT2D eigenvalue weighted by molar-refractivity contribution is 5.83. The van der Waals surface area contributed by atoms with E-state index in [-0.39, 0.29) is 0 Å². The fourth-order valence-corrected chi connectivity index (χ4v) is 3.00. The van der Waals surface area contributed by atoms with E-state index in [0.29, 0.717) is 0 Å². The van der Waals surface area contributed by atoms with Gasteiger partial charge in [0.05, 0.1) is 0 Å². The van der Waals surface area contributed by atoms with E-state index < -0.39 is 6.29 Å². The van der Waals surface area contributed by atoms with Crippen molar-refractivity contribution in [2.75, 3.05) is 0 Å². The zero-order valence-electron chi connectivity index (χ0n) is 15.6. The summed E-state index contributed by atoms with van der Waals surface area (Å²) in [5, 5.41) is 2.37. The Kier molecular flexibility index (Phi) is 4.80. The zero-order valence-corrected chi connectivity index (χ0v) is 15.6. The standard InChI is InChI=1S/C25H22O2/c1-18-7-13-23(14-8-18)26-25(27-24-15-9-19(2)10-16-24)22-12-11-20-5-3-4-6-21(20)17-22/h3-17,25H,1-2H3. The second kappa shape index (κ2) is 7.55. The van der Waals surface area contributed by atoms with Crippen molar-refractivity contribution in [2.45, 2.75) is 20.1 Å². The van der Waals surface area contributed by atoms with Gasteiger partial charge in [0, 0.05) is 5.56 Å². The average Bonchev–Trinajstić information content (AvgIpc) is 2.70. The van der Waals surface area contributed by atoms with Crippen molar-refractivity contribution in [3.63, 3.8) is 0 Å². The van der Waals surface area contributed by atoms with Crippen LogP contribution in [0.1, 0.15) is 23.0 Å². The first kappa shape index (κ1) is 17.2. The molecule has 0 amide bonds. The Morgan fingerprint density at radius 1 is 0.556 bits per heavy atom. The maximum Gasteiger partial charge on any atom is 0.267 e. The third kappa shape index (κ3) is 4.12. The minimum Gasteiger partial charge on any atom is -0.451 e. The first-order valence-electron chi connectivity index (χ1n) is 9.13. The van der Waals surface area contributed by atoms with Gasteiger partial charge in [0.2, 0.25) is 0 Å². The quantitative estimate of drug-likeness (QED) is 0.375. The summed E-state index contributed by atoms with van der Waals surface area (Å²) in [4.78, 5) is 0. The van der Waals surface area contributed by atoms with Crippen LogP contribution < -0.4 is 9.47 Å². The minimum atomic E-state index is -0.528. The lowest BCUT2D eigenvalue weighted by atomic mass is 10.1. The van der Waals surface area contributed by atoms with Crippen LogP contribution in [-0.2, 0) is 0 Å². The van der Waals surface area contributed by atoms with Crippen LogP contribution >= 0.6 is 0 Å². The van der Waals surface area contributed by atoms with Gasteiger partial charge in [0.1, 0.15) is 11.5 Å². The Balaban J connectivity index is 1.68. The van der Waals surface area contributed by atoms with Crippen LogP contribution in [0.2, 0.25) is 0 Å². The van der Waals surface area contributed by atoms with Gasteiger partial charge in [-0.1, -0.05) is 71.8 Å². The predicted octanol–water partition coefficient (Wildman–Crippen LogP) is 6.61. The molecule has 2 heteroatoms. The van der Waals surface area contributed by atoms with Gasteiger partial charge in [0.15, 0.2) is 0 Å². The third-order valence-corrected chi connectivity index (χ3v) is 4.57. The first-order chi connectivity index (χ1) is 13.2. The van der Waals surface area contributed by atoms with Gasteiger partial charge >= 0.3 is 0 Å². The molecular weight excluding hydrogens is 332 g/mol. The van der Waals surface area contributed by atoms with Gasteiger partial charge in [-0.3, -0.25) is 0 Å². The average molecular weight is 354 g/mol. The van der Waals surface area contributed by atoms with Crippen LogP contribution in [0.25, 0.3) is 10.8 Å². The first-order valence-corrected chi connectivity index (χ1v) is 9.13. The molecule has 0 saturated carbocycles. The lowest BCUT2D eigenvalue weighted by Crippen LogP contribution is -2.15. The lowest BCUT2D eigenvalue weighted by Gasteiger charge is -2.21. The lowest BCUT2D eigenvalue weighted by molar-refractivity contribution is 0.00390. The van der Waals surface area contributed by atoms with E-state index in [4.69, 9.17) is 9.47 Å². The van der Waals surface area contributed by atoms with Gasteiger partial charge in [0.25, 0.3) is 6.29 Å².